The van der Waals surface area contributed by atoms with Crippen LogP contribution in [0.4, 0.5) is 0 Å². The Morgan fingerprint density at radius 1 is 0.508 bits per heavy atom. The van der Waals surface area contributed by atoms with Gasteiger partial charge in [0.25, 0.3) is 7.82 Å². The lowest BCUT2D eigenvalue weighted by Crippen LogP contribution is -2.37. The van der Waals surface area contributed by atoms with Crippen molar-refractivity contribution in [2.45, 2.75) is 232 Å². The summed E-state index contributed by atoms with van der Waals surface area (Å²) in [4.78, 5) is 37.6. The molecule has 0 rings (SSSR count). The minimum Gasteiger partial charge on any atom is -0.756 e. The molecular formula is C51H96NO8P. The predicted molar refractivity (Wildman–Crippen MR) is 254 cm³/mol. The zero-order valence-corrected chi connectivity index (χ0v) is 41.3. The Hall–Kier alpha value is -1.77. The molecule has 0 N–H and O–H groups in total. The van der Waals surface area contributed by atoms with E-state index in [0.717, 1.165) is 57.8 Å². The Labute approximate surface area is 376 Å². The van der Waals surface area contributed by atoms with Gasteiger partial charge in [-0.3, -0.25) is 14.2 Å². The molecule has 0 aromatic carbocycles. The summed E-state index contributed by atoms with van der Waals surface area (Å²) in [6.07, 6.45) is 50.5. The Bertz CT molecular complexity index is 1130. The fourth-order valence-corrected chi connectivity index (χ4v) is 7.64. The molecule has 0 aromatic rings. The molecule has 0 amide bonds. The van der Waals surface area contributed by atoms with E-state index in [9.17, 15) is 19.0 Å². The average Bonchev–Trinajstić information content (AvgIpc) is 3.21. The molecule has 1 unspecified atom stereocenters. The highest BCUT2D eigenvalue weighted by Crippen LogP contribution is 2.38. The van der Waals surface area contributed by atoms with Crippen molar-refractivity contribution >= 4 is 19.8 Å². The van der Waals surface area contributed by atoms with Crippen molar-refractivity contribution in [2.75, 3.05) is 47.5 Å². The second-order valence-corrected chi connectivity index (χ2v) is 19.6. The smallest absolute Gasteiger partial charge is 0.306 e. The van der Waals surface area contributed by atoms with E-state index in [1.807, 2.05) is 21.1 Å². The van der Waals surface area contributed by atoms with Crippen LogP contribution in [0.2, 0.25) is 0 Å². The van der Waals surface area contributed by atoms with Gasteiger partial charge in [0, 0.05) is 12.8 Å². The van der Waals surface area contributed by atoms with Crippen LogP contribution in [0, 0.1) is 0 Å². The van der Waals surface area contributed by atoms with Gasteiger partial charge >= 0.3 is 11.9 Å². The van der Waals surface area contributed by atoms with Crippen molar-refractivity contribution in [3.63, 3.8) is 0 Å². The molecule has 0 heterocycles. The minimum atomic E-state index is -4.64. The number of phosphoric ester groups is 1. The number of ether oxygens (including phenoxy) is 2. The van der Waals surface area contributed by atoms with Crippen LogP contribution < -0.4 is 4.89 Å². The summed E-state index contributed by atoms with van der Waals surface area (Å²) in [5.74, 6) is -0.882. The van der Waals surface area contributed by atoms with E-state index in [2.05, 4.69) is 50.3 Å². The molecule has 0 aliphatic rings. The first kappa shape index (κ1) is 59.2. The number of rotatable bonds is 46. The number of phosphoric acid groups is 1. The van der Waals surface area contributed by atoms with Gasteiger partial charge in [-0.1, -0.05) is 192 Å². The normalized spacial score (nSPS) is 13.7. The van der Waals surface area contributed by atoms with Gasteiger partial charge in [0.1, 0.15) is 19.8 Å². The van der Waals surface area contributed by atoms with Gasteiger partial charge in [-0.2, -0.15) is 0 Å². The number of esters is 2. The molecule has 0 aliphatic heterocycles. The van der Waals surface area contributed by atoms with Crippen molar-refractivity contribution in [3.8, 4) is 0 Å². The second kappa shape index (κ2) is 43.5. The molecule has 0 saturated heterocycles. The van der Waals surface area contributed by atoms with Gasteiger partial charge < -0.3 is 27.9 Å². The molecule has 2 atom stereocenters. The summed E-state index contributed by atoms with van der Waals surface area (Å²) in [5, 5.41) is 0. The third-order valence-electron chi connectivity index (χ3n) is 10.9. The van der Waals surface area contributed by atoms with Crippen LogP contribution in [0.3, 0.4) is 0 Å². The predicted octanol–water partition coefficient (Wildman–Crippen LogP) is 14.2. The molecule has 358 valence electrons. The Morgan fingerprint density at radius 2 is 0.918 bits per heavy atom. The maximum Gasteiger partial charge on any atom is 0.306 e. The highest BCUT2D eigenvalue weighted by Gasteiger charge is 2.21. The molecule has 0 bridgehead atoms. The maximum atomic E-state index is 12.7. The van der Waals surface area contributed by atoms with E-state index < -0.39 is 32.5 Å². The molecule has 0 saturated carbocycles. The Morgan fingerprint density at radius 3 is 1.41 bits per heavy atom. The maximum absolute atomic E-state index is 12.7. The van der Waals surface area contributed by atoms with E-state index in [1.165, 1.54) is 128 Å². The third-order valence-corrected chi connectivity index (χ3v) is 11.8. The summed E-state index contributed by atoms with van der Waals surface area (Å²) in [7, 11) is 1.15. The molecule has 0 aromatic heterocycles. The number of nitrogens with zero attached hydrogens (tertiary/aromatic N) is 1. The van der Waals surface area contributed by atoms with Crippen LogP contribution in [0.25, 0.3) is 0 Å². The summed E-state index contributed by atoms with van der Waals surface area (Å²) in [6, 6.07) is 0. The van der Waals surface area contributed by atoms with Gasteiger partial charge in [0.15, 0.2) is 6.10 Å². The first-order valence-electron chi connectivity index (χ1n) is 25.2. The molecule has 10 heteroatoms. The number of hydrogen-bond donors (Lipinski definition) is 0. The van der Waals surface area contributed by atoms with Crippen LogP contribution in [0.1, 0.15) is 226 Å². The topological polar surface area (TPSA) is 111 Å². The van der Waals surface area contributed by atoms with Crippen LogP contribution >= 0.6 is 7.82 Å². The minimum absolute atomic E-state index is 0.0374. The van der Waals surface area contributed by atoms with E-state index in [4.69, 9.17) is 18.5 Å². The number of allylic oxidation sites excluding steroid dienone is 6. The molecular weight excluding hydrogens is 786 g/mol. The molecule has 0 aliphatic carbocycles. The Kier molecular flexibility index (Phi) is 42.2. The third kappa shape index (κ3) is 47.5. The molecule has 0 spiro atoms. The van der Waals surface area contributed by atoms with E-state index in [1.54, 1.807) is 0 Å². The molecule has 0 fully saturated rings. The first-order chi connectivity index (χ1) is 29.5. The van der Waals surface area contributed by atoms with Gasteiger partial charge in [-0.25, -0.2) is 0 Å². The van der Waals surface area contributed by atoms with Crippen LogP contribution in [-0.4, -0.2) is 70.0 Å². The second-order valence-electron chi connectivity index (χ2n) is 18.2. The average molecular weight is 882 g/mol. The van der Waals surface area contributed by atoms with Crippen LogP contribution in [0.15, 0.2) is 36.5 Å². The summed E-state index contributed by atoms with van der Waals surface area (Å²) < 4.78 is 33.9. The number of carbonyl (C=O) groups is 2. The van der Waals surface area contributed by atoms with Crippen molar-refractivity contribution in [1.29, 1.82) is 0 Å². The number of likely N-dealkylation sites (N-methyl/N-ethyl adjacent to an activating group) is 1. The highest BCUT2D eigenvalue weighted by atomic mass is 31.2. The van der Waals surface area contributed by atoms with Crippen molar-refractivity contribution < 1.29 is 42.1 Å². The van der Waals surface area contributed by atoms with Gasteiger partial charge in [-0.05, 0) is 57.8 Å². The lowest BCUT2D eigenvalue weighted by atomic mass is 10.0. The lowest BCUT2D eigenvalue weighted by Gasteiger charge is -2.28. The molecule has 0 radical (unpaired) electrons. The number of unbranched alkanes of at least 4 members (excludes halogenated alkanes) is 26. The number of hydrogen-bond acceptors (Lipinski definition) is 8. The fourth-order valence-electron chi connectivity index (χ4n) is 6.91. The Balaban J connectivity index is 4.26. The number of carbonyl (C=O) groups excluding carboxylic acids is 2. The largest absolute Gasteiger partial charge is 0.756 e. The van der Waals surface area contributed by atoms with Crippen LogP contribution in [-0.2, 0) is 32.7 Å². The SMILES string of the molecule is CCCC/C=C/C/C=C/CCCCCCCC(=O)OC[C@H](COP(=O)([O-])OCC[N+](C)(C)C)OC(=O)CCC/C=C/CCCCCCCCCCCCCCCCCCCC. The van der Waals surface area contributed by atoms with Crippen molar-refractivity contribution in [1.82, 2.24) is 0 Å². The zero-order chi connectivity index (χ0) is 45.0. The van der Waals surface area contributed by atoms with Crippen molar-refractivity contribution in [3.05, 3.63) is 36.5 Å². The zero-order valence-electron chi connectivity index (χ0n) is 40.4. The van der Waals surface area contributed by atoms with E-state index in [-0.39, 0.29) is 26.1 Å². The van der Waals surface area contributed by atoms with Gasteiger partial charge in [0.05, 0.1) is 27.7 Å². The number of quaternary nitrogens is 1. The first-order valence-corrected chi connectivity index (χ1v) is 26.7. The standard InChI is InChI=1S/C51H96NO8P/c1-6-8-10-12-14-16-18-20-22-23-24-25-26-27-28-29-30-32-34-36-38-40-42-44-51(54)60-49(48-59-61(55,56)58-46-45-52(3,4)5)47-57-50(53)43-41-39-37-35-33-31-21-19-17-15-13-11-9-7-2/h13,15,19,21,36,38,49H,6-12,14,16-18,20,22-35,37,39-48H2,1-5H3/b15-13+,21-19+,38-36+/t49-/m1/s1. The van der Waals surface area contributed by atoms with Gasteiger partial charge in [-0.15, -0.1) is 0 Å². The summed E-state index contributed by atoms with van der Waals surface area (Å²) in [6.45, 7) is 4.17. The monoisotopic (exact) mass is 882 g/mol. The summed E-state index contributed by atoms with van der Waals surface area (Å²) in [5.41, 5.74) is 0. The summed E-state index contributed by atoms with van der Waals surface area (Å²) >= 11 is 0. The van der Waals surface area contributed by atoms with E-state index >= 15 is 0 Å². The fraction of sp³-hybridized carbons (Fsp3) is 0.843. The highest BCUT2D eigenvalue weighted by molar-refractivity contribution is 7.45. The van der Waals surface area contributed by atoms with Crippen molar-refractivity contribution in [2.24, 2.45) is 0 Å². The molecule has 61 heavy (non-hydrogen) atoms. The van der Waals surface area contributed by atoms with E-state index in [0.29, 0.717) is 23.9 Å². The molecule has 9 nitrogen and oxygen atoms in total. The lowest BCUT2D eigenvalue weighted by molar-refractivity contribution is -0.870. The van der Waals surface area contributed by atoms with Crippen LogP contribution in [0.5, 0.6) is 0 Å². The van der Waals surface area contributed by atoms with Gasteiger partial charge in [0.2, 0.25) is 0 Å². The quantitative estimate of drug-likeness (QED) is 0.0195.